The van der Waals surface area contributed by atoms with E-state index in [1.54, 1.807) is 19.0 Å². The zero-order valence-corrected chi connectivity index (χ0v) is 17.2. The number of morpholine rings is 1. The number of benzene rings is 1. The Balaban J connectivity index is 1.60. The third-order valence-corrected chi connectivity index (χ3v) is 5.27. The number of rotatable bonds is 5. The molecule has 0 radical (unpaired) electrons. The Morgan fingerprint density at radius 1 is 1.31 bits per heavy atom. The number of hydrogen-bond donors (Lipinski definition) is 0. The molecule has 3 aromatic rings. The summed E-state index contributed by atoms with van der Waals surface area (Å²) in [4.78, 5) is 21.5. The molecule has 1 aromatic carbocycles. The molecule has 1 aliphatic rings. The SMILES string of the molecule is CCn1cc(CN2CCOC(c3cc(C(=O)N(C)C)c4ccccc4n3)C2)cn1. The number of fused-ring (bicyclic) bond motifs is 1. The Kier molecular flexibility index (Phi) is 5.60. The number of amides is 1. The molecule has 1 fully saturated rings. The lowest BCUT2D eigenvalue weighted by Gasteiger charge is -2.32. The fourth-order valence-corrected chi connectivity index (χ4v) is 3.72. The van der Waals surface area contributed by atoms with E-state index in [4.69, 9.17) is 9.72 Å². The van der Waals surface area contributed by atoms with Gasteiger partial charge in [-0.25, -0.2) is 4.98 Å². The molecule has 0 aliphatic carbocycles. The molecule has 1 amide bonds. The highest BCUT2D eigenvalue weighted by Gasteiger charge is 2.25. The van der Waals surface area contributed by atoms with E-state index >= 15 is 0 Å². The maximum atomic E-state index is 12.8. The summed E-state index contributed by atoms with van der Waals surface area (Å²) in [5.41, 5.74) is 3.49. The molecule has 2 aromatic heterocycles. The maximum Gasteiger partial charge on any atom is 0.254 e. The van der Waals surface area contributed by atoms with Crippen LogP contribution in [0, 0.1) is 0 Å². The predicted octanol–water partition coefficient (Wildman–Crippen LogP) is 2.73. The minimum Gasteiger partial charge on any atom is -0.369 e. The van der Waals surface area contributed by atoms with Gasteiger partial charge in [0.15, 0.2) is 0 Å². The van der Waals surface area contributed by atoms with Crippen molar-refractivity contribution in [1.29, 1.82) is 0 Å². The molecule has 7 nitrogen and oxygen atoms in total. The van der Waals surface area contributed by atoms with Crippen LogP contribution in [0.5, 0.6) is 0 Å². The molecule has 152 valence electrons. The van der Waals surface area contributed by atoms with Gasteiger partial charge in [-0.2, -0.15) is 5.10 Å². The minimum atomic E-state index is -0.164. The number of aryl methyl sites for hydroxylation is 1. The number of pyridine rings is 1. The van der Waals surface area contributed by atoms with Crippen LogP contribution in [0.3, 0.4) is 0 Å². The molecular weight excluding hydrogens is 366 g/mol. The van der Waals surface area contributed by atoms with Crippen molar-refractivity contribution in [2.75, 3.05) is 33.8 Å². The first-order chi connectivity index (χ1) is 14.0. The van der Waals surface area contributed by atoms with Crippen molar-refractivity contribution >= 4 is 16.8 Å². The average molecular weight is 393 g/mol. The number of ether oxygens (including phenoxy) is 1. The lowest BCUT2D eigenvalue weighted by atomic mass is 10.0. The third kappa shape index (κ3) is 4.16. The van der Waals surface area contributed by atoms with Gasteiger partial charge in [0.05, 0.1) is 29.6 Å². The smallest absolute Gasteiger partial charge is 0.254 e. The van der Waals surface area contributed by atoms with Gasteiger partial charge in [0.25, 0.3) is 5.91 Å². The van der Waals surface area contributed by atoms with E-state index in [-0.39, 0.29) is 12.0 Å². The Morgan fingerprint density at radius 3 is 2.90 bits per heavy atom. The highest BCUT2D eigenvalue weighted by molar-refractivity contribution is 6.06. The summed E-state index contributed by atoms with van der Waals surface area (Å²) in [5.74, 6) is -0.0236. The average Bonchev–Trinajstić information content (AvgIpc) is 3.20. The Hall–Kier alpha value is -2.77. The normalized spacial score (nSPS) is 17.6. The molecule has 0 bridgehead atoms. The van der Waals surface area contributed by atoms with Crippen LogP contribution in [-0.2, 0) is 17.8 Å². The van der Waals surface area contributed by atoms with Crippen molar-refractivity contribution < 1.29 is 9.53 Å². The van der Waals surface area contributed by atoms with Gasteiger partial charge in [-0.1, -0.05) is 18.2 Å². The molecule has 0 spiro atoms. The summed E-state index contributed by atoms with van der Waals surface area (Å²) in [6.07, 6.45) is 3.85. The van der Waals surface area contributed by atoms with Gasteiger partial charge in [-0.15, -0.1) is 0 Å². The number of hydrogen-bond acceptors (Lipinski definition) is 5. The third-order valence-electron chi connectivity index (χ3n) is 5.27. The van der Waals surface area contributed by atoms with Crippen LogP contribution >= 0.6 is 0 Å². The van der Waals surface area contributed by atoms with Crippen LogP contribution in [0.25, 0.3) is 10.9 Å². The summed E-state index contributed by atoms with van der Waals surface area (Å²) < 4.78 is 7.99. The largest absolute Gasteiger partial charge is 0.369 e. The lowest BCUT2D eigenvalue weighted by Crippen LogP contribution is -2.38. The van der Waals surface area contributed by atoms with Gasteiger partial charge in [0.1, 0.15) is 6.10 Å². The molecule has 7 heteroatoms. The van der Waals surface area contributed by atoms with Crippen molar-refractivity contribution in [3.8, 4) is 0 Å². The molecule has 29 heavy (non-hydrogen) atoms. The van der Waals surface area contributed by atoms with E-state index in [1.165, 1.54) is 5.56 Å². The quantitative estimate of drug-likeness (QED) is 0.667. The number of carbonyl (C=O) groups is 1. The van der Waals surface area contributed by atoms with E-state index in [1.807, 2.05) is 41.2 Å². The van der Waals surface area contributed by atoms with E-state index < -0.39 is 0 Å². The zero-order chi connectivity index (χ0) is 20.4. The first kappa shape index (κ1) is 19.5. The van der Waals surface area contributed by atoms with Crippen LogP contribution in [0.15, 0.2) is 42.7 Å². The molecule has 3 heterocycles. The Labute approximate surface area is 170 Å². The second-order valence-corrected chi connectivity index (χ2v) is 7.61. The van der Waals surface area contributed by atoms with Gasteiger partial charge in [0, 0.05) is 57.4 Å². The Morgan fingerprint density at radius 2 is 2.14 bits per heavy atom. The predicted molar refractivity (Wildman–Crippen MR) is 112 cm³/mol. The monoisotopic (exact) mass is 393 g/mol. The first-order valence-corrected chi connectivity index (χ1v) is 10.0. The topological polar surface area (TPSA) is 63.5 Å². The van der Waals surface area contributed by atoms with Crippen molar-refractivity contribution in [3.05, 3.63) is 59.5 Å². The fraction of sp³-hybridized carbons (Fsp3) is 0.409. The zero-order valence-electron chi connectivity index (χ0n) is 17.2. The first-order valence-electron chi connectivity index (χ1n) is 10.0. The molecular formula is C22H27N5O2. The summed E-state index contributed by atoms with van der Waals surface area (Å²) in [6.45, 7) is 6.02. The van der Waals surface area contributed by atoms with Crippen molar-refractivity contribution in [2.45, 2.75) is 26.1 Å². The van der Waals surface area contributed by atoms with Crippen LogP contribution in [-0.4, -0.2) is 64.3 Å². The minimum absolute atomic E-state index is 0.0236. The molecule has 1 unspecified atom stereocenters. The number of para-hydroxylation sites is 1. The van der Waals surface area contributed by atoms with Crippen molar-refractivity contribution in [3.63, 3.8) is 0 Å². The van der Waals surface area contributed by atoms with Gasteiger partial charge in [-0.3, -0.25) is 14.4 Å². The maximum absolute atomic E-state index is 12.8. The number of aromatic nitrogens is 3. The van der Waals surface area contributed by atoms with Gasteiger partial charge >= 0.3 is 0 Å². The Bertz CT molecular complexity index is 1010. The molecule has 1 aliphatic heterocycles. The molecule has 1 atom stereocenters. The number of nitrogens with zero attached hydrogens (tertiary/aromatic N) is 5. The van der Waals surface area contributed by atoms with Gasteiger partial charge in [0.2, 0.25) is 0 Å². The van der Waals surface area contributed by atoms with E-state index in [2.05, 4.69) is 23.1 Å². The van der Waals surface area contributed by atoms with Gasteiger partial charge in [-0.05, 0) is 19.1 Å². The van der Waals surface area contributed by atoms with Crippen LogP contribution in [0.4, 0.5) is 0 Å². The standard InChI is InChI=1S/C22H27N5O2/c1-4-27-14-16(12-23-27)13-26-9-10-29-21(15-26)20-11-18(22(28)25(2)3)17-7-5-6-8-19(17)24-20/h5-8,11-12,14,21H,4,9-10,13,15H2,1-3H3. The fourth-order valence-electron chi connectivity index (χ4n) is 3.72. The second-order valence-electron chi connectivity index (χ2n) is 7.61. The van der Waals surface area contributed by atoms with Crippen LogP contribution in [0.1, 0.15) is 34.6 Å². The van der Waals surface area contributed by atoms with Crippen molar-refractivity contribution in [2.24, 2.45) is 0 Å². The lowest BCUT2D eigenvalue weighted by molar-refractivity contribution is -0.0348. The molecule has 0 saturated carbocycles. The molecule has 4 rings (SSSR count). The summed E-state index contributed by atoms with van der Waals surface area (Å²) in [6, 6.07) is 9.68. The van der Waals surface area contributed by atoms with E-state index in [0.29, 0.717) is 12.2 Å². The van der Waals surface area contributed by atoms with E-state index in [9.17, 15) is 4.79 Å². The molecule has 0 N–H and O–H groups in total. The summed E-state index contributed by atoms with van der Waals surface area (Å²) >= 11 is 0. The summed E-state index contributed by atoms with van der Waals surface area (Å²) in [5, 5.41) is 5.23. The number of carbonyl (C=O) groups excluding carboxylic acids is 1. The van der Waals surface area contributed by atoms with Crippen LogP contribution < -0.4 is 0 Å². The summed E-state index contributed by atoms with van der Waals surface area (Å²) in [7, 11) is 3.54. The highest BCUT2D eigenvalue weighted by Crippen LogP contribution is 2.27. The van der Waals surface area contributed by atoms with Crippen LogP contribution in [0.2, 0.25) is 0 Å². The van der Waals surface area contributed by atoms with Crippen molar-refractivity contribution in [1.82, 2.24) is 24.6 Å². The van der Waals surface area contributed by atoms with Gasteiger partial charge < -0.3 is 9.64 Å². The van der Waals surface area contributed by atoms with E-state index in [0.717, 1.165) is 42.8 Å². The molecule has 1 saturated heterocycles. The highest BCUT2D eigenvalue weighted by atomic mass is 16.5. The second kappa shape index (κ2) is 8.31.